The summed E-state index contributed by atoms with van der Waals surface area (Å²) in [4.78, 5) is -0.270. The van der Waals surface area contributed by atoms with Crippen molar-refractivity contribution in [2.45, 2.75) is 25.2 Å². The Labute approximate surface area is 105 Å². The minimum atomic E-state index is -3.90. The highest BCUT2D eigenvalue weighted by Gasteiger charge is 2.13. The topological polar surface area (TPSA) is 43.4 Å². The number of benzene rings is 1. The normalized spacial score (nSPS) is 11.8. The molecular formula is C11H14ClFO3S. The van der Waals surface area contributed by atoms with Crippen LogP contribution in [0.2, 0.25) is 0 Å². The summed E-state index contributed by atoms with van der Waals surface area (Å²) < 4.78 is 40.6. The zero-order valence-corrected chi connectivity index (χ0v) is 11.2. The molecule has 0 aromatic heterocycles. The summed E-state index contributed by atoms with van der Waals surface area (Å²) in [6, 6.07) is 3.34. The largest absolute Gasteiger partial charge is 0.491 e. The lowest BCUT2D eigenvalue weighted by Crippen LogP contribution is -2.03. The average Bonchev–Trinajstić information content (AvgIpc) is 2.18. The maximum absolute atomic E-state index is 13.5. The molecule has 0 saturated carbocycles. The predicted octanol–water partition coefficient (Wildman–Crippen LogP) is 3.18. The molecule has 0 N–H and O–H groups in total. The lowest BCUT2D eigenvalue weighted by Gasteiger charge is -2.09. The summed E-state index contributed by atoms with van der Waals surface area (Å²) in [5.41, 5.74) is 0. The van der Waals surface area contributed by atoms with Crippen LogP contribution in [-0.2, 0) is 9.05 Å². The number of halogens is 2. The molecule has 3 nitrogen and oxygen atoms in total. The zero-order valence-electron chi connectivity index (χ0n) is 9.61. The van der Waals surface area contributed by atoms with Crippen LogP contribution in [0, 0.1) is 11.7 Å². The van der Waals surface area contributed by atoms with E-state index < -0.39 is 14.9 Å². The van der Waals surface area contributed by atoms with Crippen molar-refractivity contribution in [3.63, 3.8) is 0 Å². The summed E-state index contributed by atoms with van der Waals surface area (Å²) in [7, 11) is 1.19. The van der Waals surface area contributed by atoms with Crippen molar-refractivity contribution in [3.05, 3.63) is 24.0 Å². The van der Waals surface area contributed by atoms with Gasteiger partial charge in [-0.05, 0) is 30.5 Å². The highest BCUT2D eigenvalue weighted by Crippen LogP contribution is 2.23. The lowest BCUT2D eigenvalue weighted by molar-refractivity contribution is 0.276. The van der Waals surface area contributed by atoms with Crippen LogP contribution < -0.4 is 4.74 Å². The molecule has 0 aliphatic rings. The van der Waals surface area contributed by atoms with E-state index in [2.05, 4.69) is 0 Å². The Morgan fingerprint density at radius 3 is 2.53 bits per heavy atom. The van der Waals surface area contributed by atoms with Gasteiger partial charge in [0.25, 0.3) is 9.05 Å². The molecule has 0 aliphatic heterocycles. The lowest BCUT2D eigenvalue weighted by atomic mass is 10.1. The highest BCUT2D eigenvalue weighted by molar-refractivity contribution is 8.13. The van der Waals surface area contributed by atoms with Crippen LogP contribution in [0.1, 0.15) is 20.3 Å². The predicted molar refractivity (Wildman–Crippen MR) is 64.4 cm³/mol. The van der Waals surface area contributed by atoms with Crippen molar-refractivity contribution < 1.29 is 17.5 Å². The van der Waals surface area contributed by atoms with E-state index in [1.165, 1.54) is 12.1 Å². The van der Waals surface area contributed by atoms with Crippen LogP contribution >= 0.6 is 10.7 Å². The first-order valence-corrected chi connectivity index (χ1v) is 7.48. The van der Waals surface area contributed by atoms with E-state index in [1.54, 1.807) is 0 Å². The molecule has 1 aromatic carbocycles. The molecule has 0 fully saturated rings. The van der Waals surface area contributed by atoms with Gasteiger partial charge in [0, 0.05) is 10.7 Å². The Morgan fingerprint density at radius 2 is 2.06 bits per heavy atom. The van der Waals surface area contributed by atoms with Gasteiger partial charge in [0.2, 0.25) is 0 Å². The van der Waals surface area contributed by atoms with Crippen molar-refractivity contribution in [3.8, 4) is 5.75 Å². The average molecular weight is 281 g/mol. The van der Waals surface area contributed by atoms with Crippen LogP contribution in [0.3, 0.4) is 0 Å². The molecule has 0 bridgehead atoms. The second kappa shape index (κ2) is 5.69. The number of hydrogen-bond acceptors (Lipinski definition) is 3. The molecule has 1 rings (SSSR count). The number of rotatable bonds is 5. The van der Waals surface area contributed by atoms with Gasteiger partial charge in [-0.3, -0.25) is 0 Å². The molecule has 96 valence electrons. The van der Waals surface area contributed by atoms with Gasteiger partial charge < -0.3 is 4.74 Å². The van der Waals surface area contributed by atoms with Crippen LogP contribution in [0.5, 0.6) is 5.75 Å². The van der Waals surface area contributed by atoms with Gasteiger partial charge in [-0.25, -0.2) is 12.8 Å². The molecule has 6 heteroatoms. The standard InChI is InChI=1S/C11H14ClFO3S/c1-8(2)5-6-16-11-4-3-9(7-10(11)13)17(12,14)15/h3-4,7-8H,5-6H2,1-2H3. The Bertz CT molecular complexity index is 485. The van der Waals surface area contributed by atoms with Crippen LogP contribution in [0.25, 0.3) is 0 Å². The Morgan fingerprint density at radius 1 is 1.41 bits per heavy atom. The van der Waals surface area contributed by atoms with E-state index in [0.717, 1.165) is 12.5 Å². The summed E-state index contributed by atoms with van der Waals surface area (Å²) in [6.45, 7) is 4.45. The summed E-state index contributed by atoms with van der Waals surface area (Å²) in [6.07, 6.45) is 0.801. The van der Waals surface area contributed by atoms with Crippen LogP contribution in [-0.4, -0.2) is 15.0 Å². The molecule has 0 amide bonds. The van der Waals surface area contributed by atoms with Crippen molar-refractivity contribution in [2.24, 2.45) is 5.92 Å². The summed E-state index contributed by atoms with van der Waals surface area (Å²) >= 11 is 0. The first kappa shape index (κ1) is 14.3. The molecule has 17 heavy (non-hydrogen) atoms. The minimum absolute atomic E-state index is 0.0368. The second-order valence-corrected chi connectivity index (χ2v) is 6.63. The summed E-state index contributed by atoms with van der Waals surface area (Å²) in [5.74, 6) is -0.231. The van der Waals surface area contributed by atoms with Crippen LogP contribution in [0.4, 0.5) is 4.39 Å². The third-order valence-corrected chi connectivity index (χ3v) is 3.49. The van der Waals surface area contributed by atoms with Gasteiger partial charge >= 0.3 is 0 Å². The maximum Gasteiger partial charge on any atom is 0.261 e. The molecular weight excluding hydrogens is 267 g/mol. The molecule has 0 heterocycles. The van der Waals surface area contributed by atoms with Gasteiger partial charge in [-0.15, -0.1) is 0 Å². The fraction of sp³-hybridized carbons (Fsp3) is 0.455. The Balaban J connectivity index is 2.77. The summed E-state index contributed by atoms with van der Waals surface area (Å²) in [5, 5.41) is 0. The SMILES string of the molecule is CC(C)CCOc1ccc(S(=O)(=O)Cl)cc1F. The maximum atomic E-state index is 13.5. The van der Waals surface area contributed by atoms with Gasteiger partial charge in [0.1, 0.15) is 0 Å². The van der Waals surface area contributed by atoms with E-state index >= 15 is 0 Å². The molecule has 0 atom stereocenters. The number of hydrogen-bond donors (Lipinski definition) is 0. The Kier molecular flexibility index (Phi) is 4.77. The highest BCUT2D eigenvalue weighted by atomic mass is 35.7. The van der Waals surface area contributed by atoms with Gasteiger partial charge in [-0.2, -0.15) is 0 Å². The van der Waals surface area contributed by atoms with E-state index in [4.69, 9.17) is 15.4 Å². The van der Waals surface area contributed by atoms with Crippen molar-refractivity contribution in [1.29, 1.82) is 0 Å². The minimum Gasteiger partial charge on any atom is -0.491 e. The monoisotopic (exact) mass is 280 g/mol. The second-order valence-electron chi connectivity index (χ2n) is 4.06. The van der Waals surface area contributed by atoms with Gasteiger partial charge in [0.15, 0.2) is 11.6 Å². The van der Waals surface area contributed by atoms with Crippen LogP contribution in [0.15, 0.2) is 23.1 Å². The Hall–Kier alpha value is -0.810. The van der Waals surface area contributed by atoms with Crippen molar-refractivity contribution >= 4 is 19.7 Å². The van der Waals surface area contributed by atoms with Crippen molar-refractivity contribution in [1.82, 2.24) is 0 Å². The fourth-order valence-corrected chi connectivity index (χ4v) is 1.92. The van der Waals surface area contributed by atoms with Gasteiger partial charge in [0.05, 0.1) is 11.5 Å². The molecule has 0 spiro atoms. The molecule has 1 aromatic rings. The molecule has 0 saturated heterocycles. The third kappa shape index (κ3) is 4.52. The van der Waals surface area contributed by atoms with E-state index in [0.29, 0.717) is 12.5 Å². The van der Waals surface area contributed by atoms with E-state index in [-0.39, 0.29) is 10.6 Å². The third-order valence-electron chi connectivity index (χ3n) is 2.14. The molecule has 0 aliphatic carbocycles. The molecule has 0 unspecified atom stereocenters. The first-order valence-electron chi connectivity index (χ1n) is 5.17. The number of ether oxygens (including phenoxy) is 1. The zero-order chi connectivity index (χ0) is 13.1. The fourth-order valence-electron chi connectivity index (χ4n) is 1.15. The van der Waals surface area contributed by atoms with E-state index in [9.17, 15) is 12.8 Å². The van der Waals surface area contributed by atoms with Crippen molar-refractivity contribution in [2.75, 3.05) is 6.61 Å². The quantitative estimate of drug-likeness (QED) is 0.778. The smallest absolute Gasteiger partial charge is 0.261 e. The van der Waals surface area contributed by atoms with E-state index in [1.807, 2.05) is 13.8 Å². The first-order chi connectivity index (χ1) is 7.80. The van der Waals surface area contributed by atoms with Gasteiger partial charge in [-0.1, -0.05) is 13.8 Å². The molecule has 0 radical (unpaired) electrons.